The molecule has 0 aliphatic rings. The number of rotatable bonds is 2. The van der Waals surface area contributed by atoms with Crippen molar-refractivity contribution >= 4 is 21.7 Å². The summed E-state index contributed by atoms with van der Waals surface area (Å²) in [4.78, 5) is 12.2. The van der Waals surface area contributed by atoms with E-state index in [1.165, 1.54) is 19.1 Å². The van der Waals surface area contributed by atoms with Crippen molar-refractivity contribution in [2.24, 2.45) is 0 Å². The van der Waals surface area contributed by atoms with E-state index < -0.39 is 17.4 Å². The van der Waals surface area contributed by atoms with E-state index in [2.05, 4.69) is 15.9 Å². The maximum absolute atomic E-state index is 13.8. The van der Waals surface area contributed by atoms with Crippen LogP contribution >= 0.6 is 15.9 Å². The first kappa shape index (κ1) is 13.9. The van der Waals surface area contributed by atoms with E-state index in [1.54, 1.807) is 25.1 Å². The van der Waals surface area contributed by atoms with Crippen molar-refractivity contribution in [1.29, 1.82) is 0 Å². The zero-order valence-corrected chi connectivity index (χ0v) is 12.0. The summed E-state index contributed by atoms with van der Waals surface area (Å²) in [5.41, 5.74) is 1.01. The molecule has 0 amide bonds. The number of ketones is 1. The van der Waals surface area contributed by atoms with Gasteiger partial charge in [0.15, 0.2) is 17.4 Å². The first-order chi connectivity index (χ1) is 8.91. The lowest BCUT2D eigenvalue weighted by molar-refractivity contribution is 0.103. The summed E-state index contributed by atoms with van der Waals surface area (Å²) >= 11 is 3.29. The van der Waals surface area contributed by atoms with Crippen molar-refractivity contribution in [3.05, 3.63) is 68.7 Å². The Morgan fingerprint density at radius 1 is 0.947 bits per heavy atom. The van der Waals surface area contributed by atoms with Crippen molar-refractivity contribution in [3.8, 4) is 0 Å². The maximum atomic E-state index is 13.8. The average Bonchev–Trinajstić information content (AvgIpc) is 2.35. The van der Waals surface area contributed by atoms with Crippen LogP contribution in [0.1, 0.15) is 27.0 Å². The van der Waals surface area contributed by atoms with Gasteiger partial charge in [0.05, 0.1) is 5.56 Å². The van der Waals surface area contributed by atoms with E-state index >= 15 is 0 Å². The molecule has 0 fully saturated rings. The van der Waals surface area contributed by atoms with E-state index in [4.69, 9.17) is 0 Å². The molecule has 4 heteroatoms. The first-order valence-corrected chi connectivity index (χ1v) is 6.46. The van der Waals surface area contributed by atoms with Crippen LogP contribution in [0.25, 0.3) is 0 Å². The highest BCUT2D eigenvalue weighted by Crippen LogP contribution is 2.22. The lowest BCUT2D eigenvalue weighted by Gasteiger charge is -2.08. The van der Waals surface area contributed by atoms with Crippen LogP contribution in [0.5, 0.6) is 0 Å². The van der Waals surface area contributed by atoms with Crippen LogP contribution in [-0.2, 0) is 0 Å². The molecule has 0 spiro atoms. The monoisotopic (exact) mass is 324 g/mol. The van der Waals surface area contributed by atoms with Gasteiger partial charge in [0.2, 0.25) is 0 Å². The molecule has 2 aromatic rings. The summed E-state index contributed by atoms with van der Waals surface area (Å²) in [7, 11) is 0. The summed E-state index contributed by atoms with van der Waals surface area (Å²) in [6, 6.07) is 7.77. The molecule has 98 valence electrons. The Labute approximate surface area is 118 Å². The van der Waals surface area contributed by atoms with Gasteiger partial charge in [-0.25, -0.2) is 8.78 Å². The van der Waals surface area contributed by atoms with Crippen molar-refractivity contribution < 1.29 is 13.6 Å². The Kier molecular flexibility index (Phi) is 3.80. The van der Waals surface area contributed by atoms with Gasteiger partial charge >= 0.3 is 0 Å². The van der Waals surface area contributed by atoms with E-state index in [-0.39, 0.29) is 11.1 Å². The number of carbonyl (C=O) groups is 1. The number of hydrogen-bond donors (Lipinski definition) is 0. The van der Waals surface area contributed by atoms with Gasteiger partial charge in [0, 0.05) is 10.0 Å². The lowest BCUT2D eigenvalue weighted by atomic mass is 9.98. The molecule has 0 heterocycles. The third kappa shape index (κ3) is 2.59. The highest BCUT2D eigenvalue weighted by atomic mass is 79.9. The van der Waals surface area contributed by atoms with Crippen LogP contribution in [0.4, 0.5) is 8.78 Å². The summed E-state index contributed by atoms with van der Waals surface area (Å²) < 4.78 is 28.1. The molecule has 19 heavy (non-hydrogen) atoms. The topological polar surface area (TPSA) is 17.1 Å². The smallest absolute Gasteiger partial charge is 0.196 e. The summed E-state index contributed by atoms with van der Waals surface area (Å²) in [5, 5.41) is 0. The van der Waals surface area contributed by atoms with Crippen LogP contribution in [0.15, 0.2) is 34.8 Å². The zero-order valence-electron chi connectivity index (χ0n) is 10.4. The summed E-state index contributed by atoms with van der Waals surface area (Å²) in [6.45, 7) is 3.21. The molecule has 0 saturated heterocycles. The van der Waals surface area contributed by atoms with Crippen molar-refractivity contribution in [3.63, 3.8) is 0 Å². The van der Waals surface area contributed by atoms with Crippen LogP contribution in [0.2, 0.25) is 0 Å². The minimum atomic E-state index is -1.09. The Morgan fingerprint density at radius 2 is 1.58 bits per heavy atom. The molecular formula is C15H11BrF2O. The Bertz CT molecular complexity index is 665. The molecular weight excluding hydrogens is 314 g/mol. The third-order valence-electron chi connectivity index (χ3n) is 2.95. The highest BCUT2D eigenvalue weighted by molar-refractivity contribution is 9.10. The highest BCUT2D eigenvalue weighted by Gasteiger charge is 2.19. The van der Waals surface area contributed by atoms with Gasteiger partial charge in [-0.2, -0.15) is 0 Å². The summed E-state index contributed by atoms with van der Waals surface area (Å²) in [6.07, 6.45) is 0. The minimum absolute atomic E-state index is 0.182. The number of hydrogen-bond acceptors (Lipinski definition) is 1. The van der Waals surface area contributed by atoms with E-state index in [9.17, 15) is 13.6 Å². The second kappa shape index (κ2) is 5.21. The second-order valence-electron chi connectivity index (χ2n) is 4.35. The fraction of sp³-hybridized carbons (Fsp3) is 0.133. The molecule has 0 radical (unpaired) electrons. The van der Waals surface area contributed by atoms with Crippen molar-refractivity contribution in [2.75, 3.05) is 0 Å². The van der Waals surface area contributed by atoms with Crippen molar-refractivity contribution in [1.82, 2.24) is 0 Å². The quantitative estimate of drug-likeness (QED) is 0.739. The van der Waals surface area contributed by atoms with Gasteiger partial charge in [-0.1, -0.05) is 22.0 Å². The molecule has 2 rings (SSSR count). The Balaban J connectivity index is 2.53. The van der Waals surface area contributed by atoms with Crippen LogP contribution in [0.3, 0.4) is 0 Å². The predicted molar refractivity (Wildman–Crippen MR) is 73.4 cm³/mol. The summed E-state index contributed by atoms with van der Waals surface area (Å²) in [5.74, 6) is -2.57. The molecule has 0 atom stereocenters. The number of aryl methyl sites for hydroxylation is 2. The fourth-order valence-corrected chi connectivity index (χ4v) is 2.32. The van der Waals surface area contributed by atoms with Gasteiger partial charge in [0.25, 0.3) is 0 Å². The Morgan fingerprint density at radius 3 is 2.21 bits per heavy atom. The standard InChI is InChI=1S/C15H11BrF2O/c1-8-3-5-12(14(18)13(8)17)15(19)11-6-4-10(16)7-9(11)2/h3-7H,1-2H3. The first-order valence-electron chi connectivity index (χ1n) is 5.67. The largest absolute Gasteiger partial charge is 0.288 e. The molecule has 1 nitrogen and oxygen atoms in total. The lowest BCUT2D eigenvalue weighted by Crippen LogP contribution is -2.08. The third-order valence-corrected chi connectivity index (χ3v) is 3.45. The van der Waals surface area contributed by atoms with E-state index in [0.29, 0.717) is 11.1 Å². The molecule has 0 saturated carbocycles. The average molecular weight is 325 g/mol. The Hall–Kier alpha value is -1.55. The van der Waals surface area contributed by atoms with Gasteiger partial charge in [-0.15, -0.1) is 0 Å². The molecule has 0 aliphatic carbocycles. The van der Waals surface area contributed by atoms with Gasteiger partial charge < -0.3 is 0 Å². The van der Waals surface area contributed by atoms with Crippen LogP contribution < -0.4 is 0 Å². The van der Waals surface area contributed by atoms with Gasteiger partial charge in [-0.05, 0) is 49.2 Å². The predicted octanol–water partition coefficient (Wildman–Crippen LogP) is 4.58. The van der Waals surface area contributed by atoms with Gasteiger partial charge in [-0.3, -0.25) is 4.79 Å². The van der Waals surface area contributed by atoms with Crippen molar-refractivity contribution in [2.45, 2.75) is 13.8 Å². The molecule has 0 aliphatic heterocycles. The molecule has 2 aromatic carbocycles. The maximum Gasteiger partial charge on any atom is 0.196 e. The molecule has 0 N–H and O–H groups in total. The minimum Gasteiger partial charge on any atom is -0.288 e. The van der Waals surface area contributed by atoms with Gasteiger partial charge in [0.1, 0.15) is 0 Å². The molecule has 0 bridgehead atoms. The molecule has 0 unspecified atom stereocenters. The van der Waals surface area contributed by atoms with E-state index in [1.807, 2.05) is 0 Å². The number of benzene rings is 2. The van der Waals surface area contributed by atoms with E-state index in [0.717, 1.165) is 4.47 Å². The fourth-order valence-electron chi connectivity index (χ4n) is 1.85. The second-order valence-corrected chi connectivity index (χ2v) is 5.26. The normalized spacial score (nSPS) is 10.6. The van der Waals surface area contributed by atoms with Crippen LogP contribution in [-0.4, -0.2) is 5.78 Å². The number of carbonyl (C=O) groups excluding carboxylic acids is 1. The van der Waals surface area contributed by atoms with Crippen LogP contribution in [0, 0.1) is 25.5 Å². The SMILES string of the molecule is Cc1cc(Br)ccc1C(=O)c1ccc(C)c(F)c1F. The number of halogens is 3. The zero-order chi connectivity index (χ0) is 14.2. The molecule has 0 aromatic heterocycles.